The quantitative estimate of drug-likeness (QED) is 0.357. The molecule has 0 aliphatic rings. The largest absolute Gasteiger partial charge is 0.459 e. The molecule has 3 aromatic rings. The van der Waals surface area contributed by atoms with Crippen molar-refractivity contribution in [3.05, 3.63) is 63.3 Å². The Morgan fingerprint density at radius 1 is 1.07 bits per heavy atom. The zero-order valence-electron chi connectivity index (χ0n) is 16.8. The number of carbonyl (C=O) groups excluding carboxylic acids is 1. The number of furan rings is 1. The van der Waals surface area contributed by atoms with Gasteiger partial charge in [0.15, 0.2) is 5.58 Å². The predicted molar refractivity (Wildman–Crippen MR) is 120 cm³/mol. The molecule has 1 amide bonds. The van der Waals surface area contributed by atoms with Crippen LogP contribution in [0.2, 0.25) is 10.0 Å². The van der Waals surface area contributed by atoms with E-state index in [0.717, 1.165) is 5.39 Å². The number of aryl methyl sites for hydroxylation is 1. The van der Waals surface area contributed by atoms with Gasteiger partial charge in [-0.05, 0) is 39.0 Å². The molecule has 0 saturated carbocycles. The molecule has 6 nitrogen and oxygen atoms in total. The number of halogens is 2. The maximum atomic E-state index is 13.0. The molecule has 160 valence electrons. The van der Waals surface area contributed by atoms with Crippen molar-refractivity contribution >= 4 is 53.4 Å². The first kappa shape index (κ1) is 22.9. The van der Waals surface area contributed by atoms with Crippen molar-refractivity contribution in [3.63, 3.8) is 0 Å². The van der Waals surface area contributed by atoms with E-state index in [1.54, 1.807) is 51.1 Å². The molecule has 0 radical (unpaired) electrons. The molecule has 3 rings (SSSR count). The van der Waals surface area contributed by atoms with E-state index in [2.05, 4.69) is 5.32 Å². The first-order valence-electron chi connectivity index (χ1n) is 9.44. The third-order valence-corrected chi connectivity index (χ3v) is 7.10. The fraction of sp³-hybridized carbons (Fsp3) is 0.286. The highest BCUT2D eigenvalue weighted by molar-refractivity contribution is 7.53. The minimum atomic E-state index is -3.33. The topological polar surface area (TPSA) is 77.8 Å². The Hall–Kier alpha value is -1.82. The summed E-state index contributed by atoms with van der Waals surface area (Å²) in [4.78, 5) is 12.8. The first-order chi connectivity index (χ1) is 14.3. The fourth-order valence-electron chi connectivity index (χ4n) is 3.20. The molecular formula is C21H22Cl2NO5P. The van der Waals surface area contributed by atoms with E-state index in [-0.39, 0.29) is 35.0 Å². The molecule has 0 saturated heterocycles. The summed E-state index contributed by atoms with van der Waals surface area (Å²) in [7, 11) is -3.33. The van der Waals surface area contributed by atoms with Gasteiger partial charge in [0, 0.05) is 10.9 Å². The number of anilines is 1. The van der Waals surface area contributed by atoms with Crippen LogP contribution in [-0.2, 0) is 19.8 Å². The highest BCUT2D eigenvalue weighted by Crippen LogP contribution is 2.53. The molecule has 1 aromatic heterocycles. The third-order valence-electron chi connectivity index (χ3n) is 4.46. The summed E-state index contributed by atoms with van der Waals surface area (Å²) in [5, 5.41) is 4.02. The highest BCUT2D eigenvalue weighted by Gasteiger charge is 2.28. The normalized spacial score (nSPS) is 11.8. The van der Waals surface area contributed by atoms with E-state index in [0.29, 0.717) is 22.6 Å². The number of para-hydroxylation sites is 1. The summed E-state index contributed by atoms with van der Waals surface area (Å²) in [6.45, 7) is 5.84. The van der Waals surface area contributed by atoms with Gasteiger partial charge in [0.05, 0.1) is 40.7 Å². The second-order valence-corrected chi connectivity index (χ2v) is 9.34. The van der Waals surface area contributed by atoms with Gasteiger partial charge < -0.3 is 18.8 Å². The smallest absolute Gasteiger partial charge is 0.335 e. The average Bonchev–Trinajstić information content (AvgIpc) is 2.98. The van der Waals surface area contributed by atoms with Crippen molar-refractivity contribution in [2.75, 3.05) is 18.5 Å². The van der Waals surface area contributed by atoms with Crippen LogP contribution in [0.5, 0.6) is 0 Å². The summed E-state index contributed by atoms with van der Waals surface area (Å²) in [6.07, 6.45) is 0.0707. The van der Waals surface area contributed by atoms with Crippen LogP contribution in [-0.4, -0.2) is 19.1 Å². The monoisotopic (exact) mass is 469 g/mol. The van der Waals surface area contributed by atoms with Crippen LogP contribution >= 0.6 is 30.8 Å². The van der Waals surface area contributed by atoms with Crippen LogP contribution < -0.4 is 5.32 Å². The fourth-order valence-corrected chi connectivity index (χ4v) is 5.59. The summed E-state index contributed by atoms with van der Waals surface area (Å²) in [5.74, 6) is 0.116. The van der Waals surface area contributed by atoms with Gasteiger partial charge in [-0.2, -0.15) is 0 Å². The molecule has 0 aliphatic carbocycles. The van der Waals surface area contributed by atoms with Crippen LogP contribution in [0.1, 0.15) is 35.5 Å². The number of hydrogen-bond donors (Lipinski definition) is 1. The van der Waals surface area contributed by atoms with Gasteiger partial charge in [0.2, 0.25) is 0 Å². The molecule has 1 N–H and O–H groups in total. The van der Waals surface area contributed by atoms with Gasteiger partial charge in [0.1, 0.15) is 5.76 Å². The molecule has 0 fully saturated rings. The predicted octanol–water partition coefficient (Wildman–Crippen LogP) is 7.07. The summed E-state index contributed by atoms with van der Waals surface area (Å²) < 4.78 is 29.8. The van der Waals surface area contributed by atoms with Crippen molar-refractivity contribution in [2.24, 2.45) is 0 Å². The average molecular weight is 470 g/mol. The first-order valence-corrected chi connectivity index (χ1v) is 11.9. The molecule has 0 unspecified atom stereocenters. The minimum absolute atomic E-state index is 0.0707. The Morgan fingerprint density at radius 2 is 1.67 bits per heavy atom. The van der Waals surface area contributed by atoms with Gasteiger partial charge in [-0.1, -0.05) is 41.4 Å². The lowest BCUT2D eigenvalue weighted by molar-refractivity contribution is 0.102. The zero-order valence-corrected chi connectivity index (χ0v) is 19.2. The van der Waals surface area contributed by atoms with Crippen molar-refractivity contribution in [3.8, 4) is 0 Å². The van der Waals surface area contributed by atoms with Gasteiger partial charge in [-0.25, -0.2) is 0 Å². The zero-order chi connectivity index (χ0) is 21.9. The lowest BCUT2D eigenvalue weighted by atomic mass is 10.1. The molecule has 0 bridgehead atoms. The number of carbonyl (C=O) groups is 1. The highest BCUT2D eigenvalue weighted by atomic mass is 35.5. The number of benzene rings is 2. The van der Waals surface area contributed by atoms with Crippen molar-refractivity contribution in [2.45, 2.75) is 26.9 Å². The van der Waals surface area contributed by atoms with Gasteiger partial charge in [-0.15, -0.1) is 0 Å². The number of rotatable bonds is 8. The second-order valence-electron chi connectivity index (χ2n) is 6.47. The maximum absolute atomic E-state index is 13.0. The lowest BCUT2D eigenvalue weighted by Crippen LogP contribution is -2.13. The summed E-state index contributed by atoms with van der Waals surface area (Å²) in [6, 6.07) is 10.2. The van der Waals surface area contributed by atoms with Crippen LogP contribution in [0, 0.1) is 6.92 Å². The standard InChI is InChI=1S/C21H22Cl2NO5P/c1-4-27-30(26,28-5-2)12-15-13(3)29-20-14(15)8-6-11-18(20)24-21(25)19-16(22)9-7-10-17(19)23/h6-11H,4-5,12H2,1-3H3,(H,24,25). The van der Waals surface area contributed by atoms with E-state index in [1.165, 1.54) is 0 Å². The Balaban J connectivity index is 1.99. The number of fused-ring (bicyclic) bond motifs is 1. The summed E-state index contributed by atoms with van der Waals surface area (Å²) in [5.41, 5.74) is 1.80. The van der Waals surface area contributed by atoms with Crippen molar-refractivity contribution in [1.29, 1.82) is 0 Å². The molecule has 1 heterocycles. The lowest BCUT2D eigenvalue weighted by Gasteiger charge is -2.16. The molecular weight excluding hydrogens is 448 g/mol. The van der Waals surface area contributed by atoms with Crippen molar-refractivity contribution < 1.29 is 22.8 Å². The Bertz CT molecular complexity index is 1100. The number of hydrogen-bond acceptors (Lipinski definition) is 5. The van der Waals surface area contributed by atoms with E-state index in [4.69, 9.17) is 36.7 Å². The van der Waals surface area contributed by atoms with E-state index in [1.807, 2.05) is 6.07 Å². The summed E-state index contributed by atoms with van der Waals surface area (Å²) >= 11 is 12.3. The molecule has 0 atom stereocenters. The minimum Gasteiger partial charge on any atom is -0.459 e. The van der Waals surface area contributed by atoms with Crippen LogP contribution in [0.3, 0.4) is 0 Å². The van der Waals surface area contributed by atoms with E-state index in [9.17, 15) is 9.36 Å². The van der Waals surface area contributed by atoms with Crippen LogP contribution in [0.4, 0.5) is 5.69 Å². The molecule has 30 heavy (non-hydrogen) atoms. The molecule has 0 aliphatic heterocycles. The number of nitrogens with one attached hydrogen (secondary N) is 1. The SMILES string of the molecule is CCOP(=O)(Cc1c(C)oc2c(NC(=O)c3c(Cl)cccc3Cl)cccc12)OCC. The van der Waals surface area contributed by atoms with E-state index >= 15 is 0 Å². The Labute approximate surface area is 185 Å². The molecule has 2 aromatic carbocycles. The van der Waals surface area contributed by atoms with E-state index < -0.39 is 13.5 Å². The van der Waals surface area contributed by atoms with Gasteiger partial charge in [0.25, 0.3) is 5.91 Å². The Morgan fingerprint density at radius 3 is 2.27 bits per heavy atom. The Kier molecular flexibility index (Phi) is 7.27. The van der Waals surface area contributed by atoms with Crippen LogP contribution in [0.15, 0.2) is 40.8 Å². The van der Waals surface area contributed by atoms with Crippen LogP contribution in [0.25, 0.3) is 11.0 Å². The van der Waals surface area contributed by atoms with Crippen molar-refractivity contribution in [1.82, 2.24) is 0 Å². The third kappa shape index (κ3) is 4.74. The maximum Gasteiger partial charge on any atom is 0.335 e. The molecule has 9 heteroatoms. The number of amides is 1. The van der Waals surface area contributed by atoms with Gasteiger partial charge >= 0.3 is 7.60 Å². The van der Waals surface area contributed by atoms with Gasteiger partial charge in [-0.3, -0.25) is 9.36 Å². The second kappa shape index (κ2) is 9.54. The molecule has 0 spiro atoms.